The lowest BCUT2D eigenvalue weighted by Crippen LogP contribution is -2.21. The third-order valence-corrected chi connectivity index (χ3v) is 3.90. The van der Waals surface area contributed by atoms with Crippen LogP contribution in [0.25, 0.3) is 0 Å². The molecule has 0 unspecified atom stereocenters. The Balaban J connectivity index is 1.63. The lowest BCUT2D eigenvalue weighted by atomic mass is 9.91. The van der Waals surface area contributed by atoms with Crippen LogP contribution in [0.15, 0.2) is 60.9 Å². The highest BCUT2D eigenvalue weighted by Crippen LogP contribution is 2.14. The number of anilines is 2. The highest BCUT2D eigenvalue weighted by Gasteiger charge is 2.09. The number of pyridine rings is 2. The summed E-state index contributed by atoms with van der Waals surface area (Å²) in [5, 5.41) is 11.6. The lowest BCUT2D eigenvalue weighted by Gasteiger charge is -2.18. The molecule has 1 amide bonds. The van der Waals surface area contributed by atoms with E-state index in [0.29, 0.717) is 29.1 Å². The number of nitrogens with zero attached hydrogens (tertiary/aromatic N) is 3. The Hall–Kier alpha value is -3.26. The van der Waals surface area contributed by atoms with Crippen molar-refractivity contribution in [3.05, 3.63) is 78.0 Å². The first-order chi connectivity index (χ1) is 13.0. The van der Waals surface area contributed by atoms with Gasteiger partial charge in [-0.1, -0.05) is 6.07 Å². The van der Waals surface area contributed by atoms with E-state index in [9.17, 15) is 9.18 Å². The molecule has 0 saturated heterocycles. The fraction of sp³-hybridized carbons (Fsp3) is 0.105. The van der Waals surface area contributed by atoms with Crippen molar-refractivity contribution in [3.63, 3.8) is 0 Å². The predicted octanol–water partition coefficient (Wildman–Crippen LogP) is 1.74. The number of carbonyl (C=O) groups excluding carboxylic acids is 1. The van der Waals surface area contributed by atoms with Crippen LogP contribution in [0.2, 0.25) is 0 Å². The smallest absolute Gasteiger partial charge is 0.328 e. The Morgan fingerprint density at radius 3 is 2.48 bits per heavy atom. The van der Waals surface area contributed by atoms with Crippen molar-refractivity contribution in [1.82, 2.24) is 9.97 Å². The molecule has 0 bridgehead atoms. The van der Waals surface area contributed by atoms with Crippen LogP contribution in [0, 0.1) is 5.82 Å². The van der Waals surface area contributed by atoms with Crippen molar-refractivity contribution < 1.29 is 14.2 Å². The topological polar surface area (TPSA) is 78.3 Å². The molecule has 3 rings (SSSR count). The van der Waals surface area contributed by atoms with Crippen molar-refractivity contribution in [3.8, 4) is 0 Å². The molecule has 27 heavy (non-hydrogen) atoms. The number of hydrogen-bond acceptors (Lipinski definition) is 5. The molecule has 1 radical (unpaired) electrons. The van der Waals surface area contributed by atoms with E-state index in [1.54, 1.807) is 24.4 Å². The number of amides is 1. The van der Waals surface area contributed by atoms with Crippen LogP contribution in [-0.2, 0) is 6.54 Å². The van der Waals surface area contributed by atoms with Crippen LogP contribution in [-0.4, -0.2) is 35.4 Å². The standard InChI is InChI=1S/C19H17BFN4O2/c1-25(12-17-6-3-14(20-27)11-22-17)18-9-2-13(10-23-18)19(26)24-16-7-4-15(21)5-8-16/h2-11,27H,12H2,1H3,(H,24,26). The minimum absolute atomic E-state index is 0.319. The largest absolute Gasteiger partial charge is 0.450 e. The second-order valence-electron chi connectivity index (χ2n) is 5.93. The van der Waals surface area contributed by atoms with E-state index in [-0.39, 0.29) is 11.7 Å². The van der Waals surface area contributed by atoms with Gasteiger partial charge >= 0.3 is 7.48 Å². The maximum atomic E-state index is 12.9. The third kappa shape index (κ3) is 4.89. The van der Waals surface area contributed by atoms with E-state index in [2.05, 4.69) is 15.3 Å². The fourth-order valence-corrected chi connectivity index (χ4v) is 2.41. The number of halogens is 1. The van der Waals surface area contributed by atoms with Gasteiger partial charge in [-0.2, -0.15) is 0 Å². The van der Waals surface area contributed by atoms with Gasteiger partial charge in [0, 0.05) is 25.1 Å². The van der Waals surface area contributed by atoms with Gasteiger partial charge in [0.2, 0.25) is 0 Å². The number of carbonyl (C=O) groups is 1. The highest BCUT2D eigenvalue weighted by molar-refractivity contribution is 6.45. The summed E-state index contributed by atoms with van der Waals surface area (Å²) in [5.41, 5.74) is 2.37. The molecule has 0 fully saturated rings. The number of nitrogens with one attached hydrogen (secondary N) is 1. The number of rotatable bonds is 6. The predicted molar refractivity (Wildman–Crippen MR) is 103 cm³/mol. The average Bonchev–Trinajstić information content (AvgIpc) is 2.70. The summed E-state index contributed by atoms with van der Waals surface area (Å²) in [5.74, 6) is 0.00873. The van der Waals surface area contributed by atoms with Gasteiger partial charge in [-0.3, -0.25) is 9.78 Å². The first kappa shape index (κ1) is 18.5. The van der Waals surface area contributed by atoms with Crippen molar-refractivity contribution >= 4 is 30.4 Å². The minimum Gasteiger partial charge on any atom is -0.450 e. The highest BCUT2D eigenvalue weighted by atomic mass is 19.1. The monoisotopic (exact) mass is 363 g/mol. The molecule has 135 valence electrons. The van der Waals surface area contributed by atoms with Crippen LogP contribution in [0.5, 0.6) is 0 Å². The van der Waals surface area contributed by atoms with Gasteiger partial charge in [0.15, 0.2) is 0 Å². The molecule has 2 aromatic heterocycles. The Morgan fingerprint density at radius 1 is 1.11 bits per heavy atom. The van der Waals surface area contributed by atoms with Crippen LogP contribution in [0.3, 0.4) is 0 Å². The average molecular weight is 363 g/mol. The molecular weight excluding hydrogens is 346 g/mol. The van der Waals surface area contributed by atoms with E-state index < -0.39 is 0 Å². The van der Waals surface area contributed by atoms with Crippen LogP contribution in [0.1, 0.15) is 16.1 Å². The molecule has 0 atom stereocenters. The summed E-state index contributed by atoms with van der Waals surface area (Å²) in [4.78, 5) is 22.7. The Morgan fingerprint density at radius 2 is 1.89 bits per heavy atom. The zero-order valence-electron chi connectivity index (χ0n) is 14.6. The SMILES string of the molecule is CN(Cc1ccc([B]O)cn1)c1ccc(C(=O)Nc2ccc(F)cc2)cn1. The molecule has 0 spiro atoms. The van der Waals surface area contributed by atoms with Crippen molar-refractivity contribution in [2.75, 3.05) is 17.3 Å². The summed E-state index contributed by atoms with van der Waals surface area (Å²) in [6.45, 7) is 0.528. The van der Waals surface area contributed by atoms with Gasteiger partial charge in [-0.25, -0.2) is 9.37 Å². The van der Waals surface area contributed by atoms with Crippen molar-refractivity contribution in [2.24, 2.45) is 0 Å². The molecule has 2 heterocycles. The van der Waals surface area contributed by atoms with Gasteiger partial charge in [-0.05, 0) is 47.9 Å². The number of hydrogen-bond donors (Lipinski definition) is 2. The zero-order valence-corrected chi connectivity index (χ0v) is 14.6. The molecule has 0 saturated carbocycles. The van der Waals surface area contributed by atoms with E-state index in [1.807, 2.05) is 18.0 Å². The summed E-state index contributed by atoms with van der Waals surface area (Å²) >= 11 is 0. The maximum absolute atomic E-state index is 12.9. The molecule has 0 aliphatic rings. The zero-order chi connectivity index (χ0) is 19.2. The molecule has 8 heteroatoms. The molecule has 0 aliphatic carbocycles. The van der Waals surface area contributed by atoms with Gasteiger partial charge in [0.25, 0.3) is 5.91 Å². The number of aromatic nitrogens is 2. The first-order valence-electron chi connectivity index (χ1n) is 8.21. The Bertz CT molecular complexity index is 903. The van der Waals surface area contributed by atoms with Crippen molar-refractivity contribution in [1.29, 1.82) is 0 Å². The molecule has 2 N–H and O–H groups in total. The first-order valence-corrected chi connectivity index (χ1v) is 8.21. The second kappa shape index (κ2) is 8.42. The second-order valence-corrected chi connectivity index (χ2v) is 5.93. The van der Waals surface area contributed by atoms with E-state index in [4.69, 9.17) is 5.02 Å². The van der Waals surface area contributed by atoms with Crippen LogP contribution >= 0.6 is 0 Å². The van der Waals surface area contributed by atoms with E-state index in [1.165, 1.54) is 30.5 Å². The fourth-order valence-electron chi connectivity index (χ4n) is 2.41. The molecule has 0 aliphatic heterocycles. The minimum atomic E-state index is -0.360. The van der Waals surface area contributed by atoms with E-state index >= 15 is 0 Å². The third-order valence-electron chi connectivity index (χ3n) is 3.90. The molecular formula is C19H17BFN4O2. The summed E-state index contributed by atoms with van der Waals surface area (Å²) < 4.78 is 12.9. The van der Waals surface area contributed by atoms with Gasteiger partial charge in [-0.15, -0.1) is 0 Å². The van der Waals surface area contributed by atoms with Gasteiger partial charge in [0.1, 0.15) is 11.6 Å². The quantitative estimate of drug-likeness (QED) is 0.653. The summed E-state index contributed by atoms with van der Waals surface area (Å²) in [7, 11) is 2.87. The maximum Gasteiger partial charge on any atom is 0.328 e. The lowest BCUT2D eigenvalue weighted by molar-refractivity contribution is 0.102. The van der Waals surface area contributed by atoms with Crippen LogP contribution < -0.4 is 15.7 Å². The number of benzene rings is 1. The molecule has 1 aromatic carbocycles. The van der Waals surface area contributed by atoms with Crippen LogP contribution in [0.4, 0.5) is 15.9 Å². The summed E-state index contributed by atoms with van der Waals surface area (Å²) in [6, 6.07) is 12.6. The van der Waals surface area contributed by atoms with Gasteiger partial charge in [0.05, 0.1) is 17.8 Å². The van der Waals surface area contributed by atoms with E-state index in [0.717, 1.165) is 13.2 Å². The normalized spacial score (nSPS) is 10.3. The Labute approximate surface area is 157 Å². The van der Waals surface area contributed by atoms with Crippen molar-refractivity contribution in [2.45, 2.75) is 6.54 Å². The molecule has 3 aromatic rings. The molecule has 6 nitrogen and oxygen atoms in total. The summed E-state index contributed by atoms with van der Waals surface area (Å²) in [6.07, 6.45) is 3.07. The Kier molecular flexibility index (Phi) is 5.78. The van der Waals surface area contributed by atoms with Gasteiger partial charge < -0.3 is 15.2 Å².